The lowest BCUT2D eigenvalue weighted by atomic mass is 9.81. The number of phenolic OH excluding ortho intramolecular Hbond substituents is 2. The Morgan fingerprint density at radius 3 is 2.80 bits per heavy atom. The van der Waals surface area contributed by atoms with Gasteiger partial charge in [0.25, 0.3) is 0 Å². The zero-order valence-corrected chi connectivity index (χ0v) is 11.0. The molecule has 0 saturated heterocycles. The van der Waals surface area contributed by atoms with Crippen molar-refractivity contribution < 1.29 is 10.2 Å². The molecule has 1 aliphatic rings. The van der Waals surface area contributed by atoms with Gasteiger partial charge in [-0.15, -0.1) is 5.10 Å². The number of hydrogen-bond donors (Lipinski definition) is 4. The molecule has 106 valence electrons. The highest BCUT2D eigenvalue weighted by Crippen LogP contribution is 2.38. The van der Waals surface area contributed by atoms with Crippen LogP contribution in [0.5, 0.6) is 11.5 Å². The Bertz CT molecular complexity index is 655. The molecule has 0 aliphatic carbocycles. The first kappa shape index (κ1) is 12.8. The standard InChI is InChI=1S/C12H16N6O2/c1-18-11(15-16-17-18)12(6-13)8-5-10(20)9(19)4-7(8)2-3-14-12/h4-5,14,19-20H,2-3,6,13H2,1H3. The van der Waals surface area contributed by atoms with Gasteiger partial charge in [-0.1, -0.05) is 0 Å². The molecule has 8 nitrogen and oxygen atoms in total. The second kappa shape index (κ2) is 4.43. The van der Waals surface area contributed by atoms with Crippen LogP contribution < -0.4 is 11.1 Å². The molecule has 0 amide bonds. The van der Waals surface area contributed by atoms with Crippen molar-refractivity contribution in [3.8, 4) is 11.5 Å². The lowest BCUT2D eigenvalue weighted by Gasteiger charge is -2.38. The van der Waals surface area contributed by atoms with E-state index in [4.69, 9.17) is 5.73 Å². The van der Waals surface area contributed by atoms with Gasteiger partial charge in [0, 0.05) is 20.1 Å². The molecular weight excluding hydrogens is 260 g/mol. The Kier molecular flexibility index (Phi) is 2.84. The Morgan fingerprint density at radius 2 is 2.15 bits per heavy atom. The van der Waals surface area contributed by atoms with Gasteiger partial charge in [0.1, 0.15) is 5.54 Å². The van der Waals surface area contributed by atoms with Crippen LogP contribution in [0.2, 0.25) is 0 Å². The van der Waals surface area contributed by atoms with Crippen molar-refractivity contribution in [3.05, 3.63) is 29.1 Å². The molecule has 1 aromatic heterocycles. The number of aromatic hydroxyl groups is 2. The number of hydrogen-bond acceptors (Lipinski definition) is 7. The maximum Gasteiger partial charge on any atom is 0.177 e. The summed E-state index contributed by atoms with van der Waals surface area (Å²) in [5.74, 6) is 0.263. The van der Waals surface area contributed by atoms with Gasteiger partial charge >= 0.3 is 0 Å². The summed E-state index contributed by atoms with van der Waals surface area (Å²) in [5, 5.41) is 34.3. The summed E-state index contributed by atoms with van der Waals surface area (Å²) in [6.07, 6.45) is 0.732. The number of rotatable bonds is 2. The van der Waals surface area contributed by atoms with Crippen molar-refractivity contribution in [1.82, 2.24) is 25.5 Å². The van der Waals surface area contributed by atoms with E-state index in [1.807, 2.05) is 0 Å². The Hall–Kier alpha value is -2.19. The van der Waals surface area contributed by atoms with E-state index in [1.165, 1.54) is 6.07 Å². The van der Waals surface area contributed by atoms with E-state index in [0.717, 1.165) is 17.5 Å². The summed E-state index contributed by atoms with van der Waals surface area (Å²) in [4.78, 5) is 0. The van der Waals surface area contributed by atoms with Gasteiger partial charge < -0.3 is 15.9 Å². The smallest absolute Gasteiger partial charge is 0.177 e. The van der Waals surface area contributed by atoms with E-state index in [1.54, 1.807) is 17.8 Å². The van der Waals surface area contributed by atoms with Crippen LogP contribution in [0.15, 0.2) is 12.1 Å². The molecule has 0 spiro atoms. The lowest BCUT2D eigenvalue weighted by molar-refractivity contribution is 0.347. The Labute approximate surface area is 115 Å². The van der Waals surface area contributed by atoms with Crippen molar-refractivity contribution in [2.45, 2.75) is 12.0 Å². The van der Waals surface area contributed by atoms with E-state index in [-0.39, 0.29) is 18.0 Å². The van der Waals surface area contributed by atoms with Gasteiger partial charge in [0.05, 0.1) is 0 Å². The van der Waals surface area contributed by atoms with Crippen LogP contribution in [-0.4, -0.2) is 43.5 Å². The summed E-state index contributed by atoms with van der Waals surface area (Å²) in [7, 11) is 1.74. The van der Waals surface area contributed by atoms with Crippen LogP contribution in [-0.2, 0) is 19.0 Å². The molecule has 3 rings (SSSR count). The van der Waals surface area contributed by atoms with Crippen molar-refractivity contribution >= 4 is 0 Å². The van der Waals surface area contributed by atoms with Gasteiger partial charge in [-0.25, -0.2) is 4.68 Å². The quantitative estimate of drug-likeness (QED) is 0.517. The van der Waals surface area contributed by atoms with Crippen LogP contribution in [0.3, 0.4) is 0 Å². The average Bonchev–Trinajstić information content (AvgIpc) is 2.86. The molecule has 20 heavy (non-hydrogen) atoms. The lowest BCUT2D eigenvalue weighted by Crippen LogP contribution is -2.54. The molecular formula is C12H16N6O2. The fraction of sp³-hybridized carbons (Fsp3) is 0.417. The first-order chi connectivity index (χ1) is 9.58. The number of nitrogens with two attached hydrogens (primary N) is 1. The molecule has 8 heteroatoms. The number of nitrogens with one attached hydrogen (secondary N) is 1. The highest BCUT2D eigenvalue weighted by Gasteiger charge is 2.41. The van der Waals surface area contributed by atoms with E-state index in [0.29, 0.717) is 12.4 Å². The first-order valence-corrected chi connectivity index (χ1v) is 6.32. The van der Waals surface area contributed by atoms with Gasteiger partial charge in [-0.05, 0) is 40.1 Å². The molecule has 1 unspecified atom stereocenters. The third-order valence-electron chi connectivity index (χ3n) is 3.79. The number of phenols is 2. The summed E-state index contributed by atoms with van der Waals surface area (Å²) >= 11 is 0. The number of tetrazole rings is 1. The SMILES string of the molecule is Cn1nnnc1C1(CN)NCCc2cc(O)c(O)cc21. The highest BCUT2D eigenvalue weighted by molar-refractivity contribution is 5.51. The predicted octanol–water partition coefficient (Wildman–Crippen LogP) is -1.03. The third-order valence-corrected chi connectivity index (χ3v) is 3.79. The van der Waals surface area contributed by atoms with Crippen LogP contribution >= 0.6 is 0 Å². The monoisotopic (exact) mass is 276 g/mol. The number of fused-ring (bicyclic) bond motifs is 1. The van der Waals surface area contributed by atoms with E-state index in [2.05, 4.69) is 20.8 Å². The Balaban J connectivity index is 2.26. The van der Waals surface area contributed by atoms with Gasteiger partial charge in [0.15, 0.2) is 17.3 Å². The topological polar surface area (TPSA) is 122 Å². The molecule has 0 bridgehead atoms. The molecule has 0 saturated carbocycles. The normalized spacial score (nSPS) is 21.7. The molecule has 0 radical (unpaired) electrons. The van der Waals surface area contributed by atoms with Crippen LogP contribution in [0, 0.1) is 0 Å². The fourth-order valence-electron chi connectivity index (χ4n) is 2.79. The molecule has 2 aromatic rings. The van der Waals surface area contributed by atoms with Gasteiger partial charge in [-0.2, -0.15) is 0 Å². The summed E-state index contributed by atoms with van der Waals surface area (Å²) in [5.41, 5.74) is 6.93. The number of nitrogens with zero attached hydrogens (tertiary/aromatic N) is 4. The van der Waals surface area contributed by atoms with Crippen molar-refractivity contribution in [3.63, 3.8) is 0 Å². The predicted molar refractivity (Wildman–Crippen MR) is 70.1 cm³/mol. The molecule has 5 N–H and O–H groups in total. The number of aromatic nitrogens is 4. The summed E-state index contributed by atoms with van der Waals surface area (Å²) < 4.78 is 1.55. The molecule has 1 atom stereocenters. The maximum absolute atomic E-state index is 9.79. The van der Waals surface area contributed by atoms with Crippen LogP contribution in [0.25, 0.3) is 0 Å². The minimum atomic E-state index is -0.767. The van der Waals surface area contributed by atoms with Gasteiger partial charge in [0.2, 0.25) is 0 Å². The first-order valence-electron chi connectivity index (χ1n) is 6.32. The summed E-state index contributed by atoms with van der Waals surface area (Å²) in [6, 6.07) is 3.10. The van der Waals surface area contributed by atoms with Crippen LogP contribution in [0.1, 0.15) is 17.0 Å². The fourth-order valence-corrected chi connectivity index (χ4v) is 2.79. The number of aryl methyl sites for hydroxylation is 1. The maximum atomic E-state index is 9.79. The summed E-state index contributed by atoms with van der Waals surface area (Å²) in [6.45, 7) is 0.916. The largest absolute Gasteiger partial charge is 0.504 e. The average molecular weight is 276 g/mol. The van der Waals surface area contributed by atoms with E-state index >= 15 is 0 Å². The van der Waals surface area contributed by atoms with Crippen LogP contribution in [0.4, 0.5) is 0 Å². The van der Waals surface area contributed by atoms with Crippen molar-refractivity contribution in [1.29, 1.82) is 0 Å². The Morgan fingerprint density at radius 1 is 1.40 bits per heavy atom. The zero-order valence-electron chi connectivity index (χ0n) is 11.0. The number of benzene rings is 1. The van der Waals surface area contributed by atoms with Gasteiger partial charge in [-0.3, -0.25) is 5.32 Å². The molecule has 2 heterocycles. The zero-order chi connectivity index (χ0) is 14.3. The minimum Gasteiger partial charge on any atom is -0.504 e. The van der Waals surface area contributed by atoms with E-state index < -0.39 is 5.54 Å². The minimum absolute atomic E-state index is 0.132. The highest BCUT2D eigenvalue weighted by atomic mass is 16.3. The molecule has 1 aromatic carbocycles. The third kappa shape index (κ3) is 1.65. The second-order valence-corrected chi connectivity index (χ2v) is 4.91. The van der Waals surface area contributed by atoms with Crippen molar-refractivity contribution in [2.24, 2.45) is 12.8 Å². The second-order valence-electron chi connectivity index (χ2n) is 4.91. The van der Waals surface area contributed by atoms with E-state index in [9.17, 15) is 10.2 Å². The molecule has 1 aliphatic heterocycles. The van der Waals surface area contributed by atoms with Crippen molar-refractivity contribution in [2.75, 3.05) is 13.1 Å². The molecule has 0 fully saturated rings.